The molecule has 4 atom stereocenters. The summed E-state index contributed by atoms with van der Waals surface area (Å²) in [6, 6.07) is 0. The molecule has 1 heterocycles. The lowest BCUT2D eigenvalue weighted by Crippen LogP contribution is -2.54. The Bertz CT molecular complexity index is 542. The summed E-state index contributed by atoms with van der Waals surface area (Å²) in [7, 11) is 0. The number of nitrogens with zero attached hydrogens (tertiary/aromatic N) is 1. The Labute approximate surface area is 163 Å². The Morgan fingerprint density at radius 1 is 1.27 bits per heavy atom. The number of allylic oxidation sites excluding steroid dienone is 1. The van der Waals surface area contributed by atoms with Crippen LogP contribution in [0.25, 0.3) is 0 Å². The van der Waals surface area contributed by atoms with Gasteiger partial charge in [-0.25, -0.2) is 0 Å². The summed E-state index contributed by atoms with van der Waals surface area (Å²) < 4.78 is 39.0. The molecule has 3 aliphatic rings. The summed E-state index contributed by atoms with van der Waals surface area (Å²) >= 11 is 3.55. The molecule has 1 N–H and O–H groups in total. The van der Waals surface area contributed by atoms with Gasteiger partial charge in [0, 0.05) is 19.6 Å². The van der Waals surface area contributed by atoms with E-state index < -0.39 is 11.8 Å². The fourth-order valence-electron chi connectivity index (χ4n) is 6.07. The second kappa shape index (κ2) is 7.40. The molecule has 6 heteroatoms. The maximum absolute atomic E-state index is 13.0. The van der Waals surface area contributed by atoms with Crippen LogP contribution in [0.1, 0.15) is 58.8 Å². The molecule has 0 spiro atoms. The zero-order valence-corrected chi connectivity index (χ0v) is 17.4. The van der Waals surface area contributed by atoms with Crippen molar-refractivity contribution in [3.63, 3.8) is 0 Å². The molecule has 2 saturated carbocycles. The van der Waals surface area contributed by atoms with Crippen molar-refractivity contribution in [1.29, 1.82) is 0 Å². The SMILES string of the molecule is C[C@H](CN1CCC(O)(C(F)(F)F)CC1)[C@H]1CC[C@@H]2/C(=C/Br)CCC[C@@]21C. The van der Waals surface area contributed by atoms with Crippen LogP contribution in [0.15, 0.2) is 10.6 Å². The largest absolute Gasteiger partial charge is 0.417 e. The first-order valence-corrected chi connectivity index (χ1v) is 10.8. The topological polar surface area (TPSA) is 23.5 Å². The maximum atomic E-state index is 13.0. The average Bonchev–Trinajstić information content (AvgIpc) is 2.93. The molecule has 3 rings (SSSR count). The molecule has 0 aromatic heterocycles. The van der Waals surface area contributed by atoms with E-state index in [1.165, 1.54) is 32.1 Å². The number of hydrogen-bond donors (Lipinski definition) is 1. The molecule has 0 aromatic rings. The van der Waals surface area contributed by atoms with Crippen LogP contribution in [0, 0.1) is 23.2 Å². The zero-order chi connectivity index (χ0) is 19.2. The van der Waals surface area contributed by atoms with Crippen molar-refractivity contribution in [3.05, 3.63) is 10.6 Å². The second-order valence-corrected chi connectivity index (χ2v) is 9.54. The first-order valence-electron chi connectivity index (χ1n) is 9.91. The first-order chi connectivity index (χ1) is 12.1. The van der Waals surface area contributed by atoms with E-state index in [9.17, 15) is 18.3 Å². The third kappa shape index (κ3) is 3.62. The molecule has 0 aromatic carbocycles. The Kier molecular flexibility index (Phi) is 5.88. The second-order valence-electron chi connectivity index (χ2n) is 9.09. The van der Waals surface area contributed by atoms with Crippen LogP contribution < -0.4 is 0 Å². The standard InChI is InChI=1S/C20H31BrF3NO/c1-14(13-25-10-8-19(26,9-11-25)20(22,23)24)16-5-6-17-15(12-21)4-3-7-18(16,17)2/h12,14,16-17,26H,3-11,13H2,1-2H3/b15-12+/t14-,16-,17-,18-/m1/s1. The summed E-state index contributed by atoms with van der Waals surface area (Å²) in [6.07, 6.45) is 1.20. The van der Waals surface area contributed by atoms with E-state index in [1.54, 1.807) is 5.57 Å². The van der Waals surface area contributed by atoms with Gasteiger partial charge < -0.3 is 10.0 Å². The number of likely N-dealkylation sites (tertiary alicyclic amines) is 1. The Balaban J connectivity index is 1.60. The number of halogens is 4. The molecular formula is C20H31BrF3NO. The lowest BCUT2D eigenvalue weighted by Gasteiger charge is -2.46. The molecule has 150 valence electrons. The van der Waals surface area contributed by atoms with E-state index in [-0.39, 0.29) is 12.8 Å². The number of alkyl halides is 3. The van der Waals surface area contributed by atoms with Crippen molar-refractivity contribution in [2.24, 2.45) is 23.2 Å². The summed E-state index contributed by atoms with van der Waals surface area (Å²) in [4.78, 5) is 4.26. The summed E-state index contributed by atoms with van der Waals surface area (Å²) in [5.74, 6) is 1.75. The monoisotopic (exact) mass is 437 g/mol. The van der Waals surface area contributed by atoms with E-state index >= 15 is 0 Å². The minimum Gasteiger partial charge on any atom is -0.380 e. The highest BCUT2D eigenvalue weighted by Gasteiger charge is 2.55. The van der Waals surface area contributed by atoms with Crippen LogP contribution in [0.3, 0.4) is 0 Å². The molecule has 26 heavy (non-hydrogen) atoms. The van der Waals surface area contributed by atoms with E-state index in [4.69, 9.17) is 0 Å². The van der Waals surface area contributed by atoms with Gasteiger partial charge in [0.1, 0.15) is 0 Å². The highest BCUT2D eigenvalue weighted by molar-refractivity contribution is 9.11. The predicted molar refractivity (Wildman–Crippen MR) is 101 cm³/mol. The van der Waals surface area contributed by atoms with E-state index in [2.05, 4.69) is 39.7 Å². The Morgan fingerprint density at radius 3 is 2.50 bits per heavy atom. The van der Waals surface area contributed by atoms with Crippen LogP contribution in [-0.4, -0.2) is 41.4 Å². The van der Waals surface area contributed by atoms with Gasteiger partial charge in [-0.15, -0.1) is 0 Å². The van der Waals surface area contributed by atoms with Crippen molar-refractivity contribution < 1.29 is 18.3 Å². The van der Waals surface area contributed by atoms with Crippen molar-refractivity contribution in [3.8, 4) is 0 Å². The molecule has 0 radical (unpaired) electrons. The molecule has 1 saturated heterocycles. The smallest absolute Gasteiger partial charge is 0.380 e. The van der Waals surface area contributed by atoms with Gasteiger partial charge in [-0.3, -0.25) is 0 Å². The molecule has 2 aliphatic carbocycles. The Hall–Kier alpha value is -0.0700. The predicted octanol–water partition coefficient (Wildman–Crippen LogP) is 5.51. The quantitative estimate of drug-likeness (QED) is 0.629. The van der Waals surface area contributed by atoms with Gasteiger partial charge in [0.05, 0.1) is 0 Å². The number of piperidine rings is 1. The van der Waals surface area contributed by atoms with Crippen LogP contribution >= 0.6 is 15.9 Å². The van der Waals surface area contributed by atoms with Gasteiger partial charge in [-0.2, -0.15) is 13.2 Å². The van der Waals surface area contributed by atoms with Crippen molar-refractivity contribution in [1.82, 2.24) is 4.90 Å². The lowest BCUT2D eigenvalue weighted by atomic mass is 9.61. The molecular weight excluding hydrogens is 407 g/mol. The molecule has 0 bridgehead atoms. The normalized spacial score (nSPS) is 38.3. The van der Waals surface area contributed by atoms with E-state index in [1.807, 2.05) is 0 Å². The van der Waals surface area contributed by atoms with Crippen LogP contribution in [-0.2, 0) is 0 Å². The summed E-state index contributed by atoms with van der Waals surface area (Å²) in [5, 5.41) is 9.86. The molecule has 1 aliphatic heterocycles. The van der Waals surface area contributed by atoms with Gasteiger partial charge in [-0.05, 0) is 73.1 Å². The maximum Gasteiger partial charge on any atom is 0.417 e. The van der Waals surface area contributed by atoms with E-state index in [0.717, 1.165) is 6.54 Å². The summed E-state index contributed by atoms with van der Waals surface area (Å²) in [5.41, 5.74) is -0.628. The molecule has 3 fully saturated rings. The minimum absolute atomic E-state index is 0.204. The average molecular weight is 438 g/mol. The van der Waals surface area contributed by atoms with Crippen molar-refractivity contribution >= 4 is 15.9 Å². The number of hydrogen-bond acceptors (Lipinski definition) is 2. The highest BCUT2D eigenvalue weighted by Crippen LogP contribution is 2.59. The lowest BCUT2D eigenvalue weighted by molar-refractivity contribution is -0.272. The van der Waals surface area contributed by atoms with Gasteiger partial charge in [0.2, 0.25) is 0 Å². The van der Waals surface area contributed by atoms with Gasteiger partial charge in [-0.1, -0.05) is 35.4 Å². The van der Waals surface area contributed by atoms with Gasteiger partial charge >= 0.3 is 6.18 Å². The molecule has 0 unspecified atom stereocenters. The van der Waals surface area contributed by atoms with Crippen molar-refractivity contribution in [2.45, 2.75) is 70.6 Å². The fourth-order valence-corrected chi connectivity index (χ4v) is 6.62. The third-order valence-corrected chi connectivity index (χ3v) is 8.21. The summed E-state index contributed by atoms with van der Waals surface area (Å²) in [6.45, 7) is 6.21. The highest BCUT2D eigenvalue weighted by atomic mass is 79.9. The fraction of sp³-hybridized carbons (Fsp3) is 0.900. The van der Waals surface area contributed by atoms with Gasteiger partial charge in [0.15, 0.2) is 5.60 Å². The van der Waals surface area contributed by atoms with Crippen LogP contribution in [0.2, 0.25) is 0 Å². The zero-order valence-electron chi connectivity index (χ0n) is 15.8. The Morgan fingerprint density at radius 2 is 1.92 bits per heavy atom. The molecule has 2 nitrogen and oxygen atoms in total. The third-order valence-electron chi connectivity index (χ3n) is 7.62. The van der Waals surface area contributed by atoms with Gasteiger partial charge in [0.25, 0.3) is 0 Å². The first kappa shape index (κ1) is 20.7. The number of fused-ring (bicyclic) bond motifs is 1. The van der Waals surface area contributed by atoms with Crippen LogP contribution in [0.4, 0.5) is 13.2 Å². The van der Waals surface area contributed by atoms with E-state index in [0.29, 0.717) is 36.3 Å². The van der Waals surface area contributed by atoms with Crippen molar-refractivity contribution in [2.75, 3.05) is 19.6 Å². The number of aliphatic hydroxyl groups is 1. The number of rotatable bonds is 3. The van der Waals surface area contributed by atoms with Crippen LogP contribution in [0.5, 0.6) is 0 Å². The minimum atomic E-state index is -4.52. The molecule has 0 amide bonds.